The van der Waals surface area contributed by atoms with Gasteiger partial charge in [0.25, 0.3) is 0 Å². The van der Waals surface area contributed by atoms with Gasteiger partial charge in [-0.15, -0.1) is 0 Å². The average Bonchev–Trinajstić information content (AvgIpc) is 2.72. The van der Waals surface area contributed by atoms with Crippen LogP contribution in [0.2, 0.25) is 0 Å². The van der Waals surface area contributed by atoms with Gasteiger partial charge in [0.05, 0.1) is 19.4 Å². The molecule has 6 nitrogen and oxygen atoms in total. The number of aliphatic hydroxyl groups excluding tert-OH is 2. The number of aliphatic hydroxyl groups is 2. The Hall–Kier alpha value is -1.66. The molecule has 1 amide bonds. The number of carbonyl (C=O) groups is 1. The molecule has 0 saturated carbocycles. The van der Waals surface area contributed by atoms with Gasteiger partial charge in [0.15, 0.2) is 0 Å². The third-order valence-corrected chi connectivity index (χ3v) is 2.19. The maximum Gasteiger partial charge on any atom is 0.246 e. The monoisotopic (exact) mass is 239 g/mol. The van der Waals surface area contributed by atoms with Crippen molar-refractivity contribution in [2.24, 2.45) is 7.05 Å². The second-order valence-corrected chi connectivity index (χ2v) is 3.55. The van der Waals surface area contributed by atoms with Crippen LogP contribution in [0.1, 0.15) is 5.56 Å². The summed E-state index contributed by atoms with van der Waals surface area (Å²) in [5.41, 5.74) is 0.828. The third-order valence-electron chi connectivity index (χ3n) is 2.19. The van der Waals surface area contributed by atoms with Crippen molar-refractivity contribution in [2.45, 2.75) is 0 Å². The molecule has 0 radical (unpaired) electrons. The number of aromatic nitrogens is 2. The molecule has 17 heavy (non-hydrogen) atoms. The highest BCUT2D eigenvalue weighted by atomic mass is 16.3. The fourth-order valence-corrected chi connectivity index (χ4v) is 1.37. The van der Waals surface area contributed by atoms with E-state index in [1.165, 1.54) is 11.0 Å². The summed E-state index contributed by atoms with van der Waals surface area (Å²) in [6.45, 7) is 0.201. The van der Waals surface area contributed by atoms with Gasteiger partial charge in [-0.2, -0.15) is 5.10 Å². The Labute approximate surface area is 99.8 Å². The normalized spacial score (nSPS) is 11.0. The molecule has 0 bridgehead atoms. The number of aryl methyl sites for hydroxylation is 1. The minimum Gasteiger partial charge on any atom is -0.395 e. The van der Waals surface area contributed by atoms with Crippen LogP contribution in [-0.4, -0.2) is 57.1 Å². The average molecular weight is 239 g/mol. The second-order valence-electron chi connectivity index (χ2n) is 3.55. The predicted molar refractivity (Wildman–Crippen MR) is 63.0 cm³/mol. The van der Waals surface area contributed by atoms with E-state index in [2.05, 4.69) is 5.10 Å². The molecular formula is C11H17N3O3. The lowest BCUT2D eigenvalue weighted by Crippen LogP contribution is -2.34. The zero-order valence-electron chi connectivity index (χ0n) is 9.78. The lowest BCUT2D eigenvalue weighted by atomic mass is 10.3. The van der Waals surface area contributed by atoms with Gasteiger partial charge in [0, 0.05) is 38.0 Å². The number of amides is 1. The van der Waals surface area contributed by atoms with Crippen LogP contribution in [0.4, 0.5) is 0 Å². The number of hydrogen-bond donors (Lipinski definition) is 2. The van der Waals surface area contributed by atoms with Crippen molar-refractivity contribution in [3.63, 3.8) is 0 Å². The van der Waals surface area contributed by atoms with E-state index in [1.54, 1.807) is 30.2 Å². The standard InChI is InChI=1S/C11H17N3O3/c1-13-9-10(8-12-13)2-3-11(17)14(4-6-15)5-7-16/h2-3,8-9,15-16H,4-7H2,1H3. The zero-order chi connectivity index (χ0) is 12.7. The summed E-state index contributed by atoms with van der Waals surface area (Å²) in [7, 11) is 1.79. The fourth-order valence-electron chi connectivity index (χ4n) is 1.37. The highest BCUT2D eigenvalue weighted by Crippen LogP contribution is 2.00. The minimum atomic E-state index is -0.239. The van der Waals surface area contributed by atoms with E-state index in [4.69, 9.17) is 10.2 Å². The summed E-state index contributed by atoms with van der Waals surface area (Å²) in [4.78, 5) is 13.1. The van der Waals surface area contributed by atoms with Gasteiger partial charge >= 0.3 is 0 Å². The molecule has 94 valence electrons. The predicted octanol–water partition coefficient (Wildman–Crippen LogP) is -0.754. The van der Waals surface area contributed by atoms with Crippen molar-refractivity contribution in [3.8, 4) is 0 Å². The van der Waals surface area contributed by atoms with Crippen molar-refractivity contribution in [1.82, 2.24) is 14.7 Å². The molecular weight excluding hydrogens is 222 g/mol. The number of hydrogen-bond acceptors (Lipinski definition) is 4. The topological polar surface area (TPSA) is 78.6 Å². The number of nitrogens with zero attached hydrogens (tertiary/aromatic N) is 3. The van der Waals surface area contributed by atoms with Crippen LogP contribution in [0.3, 0.4) is 0 Å². The summed E-state index contributed by atoms with van der Waals surface area (Å²) in [6.07, 6.45) is 6.48. The Morgan fingerprint density at radius 3 is 2.59 bits per heavy atom. The molecule has 0 aliphatic carbocycles. The molecule has 2 N–H and O–H groups in total. The summed E-state index contributed by atoms with van der Waals surface area (Å²) < 4.78 is 1.64. The summed E-state index contributed by atoms with van der Waals surface area (Å²) in [5.74, 6) is -0.239. The first kappa shape index (κ1) is 13.4. The molecule has 0 atom stereocenters. The SMILES string of the molecule is Cn1cc(C=CC(=O)N(CCO)CCO)cn1. The van der Waals surface area contributed by atoms with Crippen molar-refractivity contribution in [3.05, 3.63) is 24.0 Å². The number of carbonyl (C=O) groups excluding carboxylic acids is 1. The lowest BCUT2D eigenvalue weighted by molar-refractivity contribution is -0.126. The molecule has 1 aromatic rings. The first-order valence-corrected chi connectivity index (χ1v) is 5.34. The molecule has 0 aromatic carbocycles. The van der Waals surface area contributed by atoms with Crippen LogP contribution >= 0.6 is 0 Å². The van der Waals surface area contributed by atoms with Gasteiger partial charge in [0.1, 0.15) is 0 Å². The molecule has 1 rings (SSSR count). The largest absolute Gasteiger partial charge is 0.395 e. The second kappa shape index (κ2) is 6.82. The van der Waals surface area contributed by atoms with Crippen molar-refractivity contribution < 1.29 is 15.0 Å². The van der Waals surface area contributed by atoms with Gasteiger partial charge in [-0.25, -0.2) is 0 Å². The van der Waals surface area contributed by atoms with E-state index in [-0.39, 0.29) is 32.2 Å². The van der Waals surface area contributed by atoms with Gasteiger partial charge in [-0.3, -0.25) is 9.48 Å². The molecule has 0 aliphatic rings. The van der Waals surface area contributed by atoms with E-state index >= 15 is 0 Å². The van der Waals surface area contributed by atoms with Crippen LogP contribution in [0.5, 0.6) is 0 Å². The third kappa shape index (κ3) is 4.38. The minimum absolute atomic E-state index is 0.119. The molecule has 0 saturated heterocycles. The van der Waals surface area contributed by atoms with Crippen LogP contribution < -0.4 is 0 Å². The van der Waals surface area contributed by atoms with Crippen molar-refractivity contribution in [2.75, 3.05) is 26.3 Å². The van der Waals surface area contributed by atoms with E-state index in [1.807, 2.05) is 0 Å². The summed E-state index contributed by atoms with van der Waals surface area (Å²) in [6, 6.07) is 0. The Morgan fingerprint density at radius 2 is 2.12 bits per heavy atom. The van der Waals surface area contributed by atoms with E-state index in [9.17, 15) is 4.79 Å². The molecule has 0 unspecified atom stereocenters. The quantitative estimate of drug-likeness (QED) is 0.640. The Kier molecular flexibility index (Phi) is 5.38. The van der Waals surface area contributed by atoms with Gasteiger partial charge in [-0.1, -0.05) is 0 Å². The molecule has 6 heteroatoms. The van der Waals surface area contributed by atoms with Crippen molar-refractivity contribution >= 4 is 12.0 Å². The Bertz CT molecular complexity index is 381. The summed E-state index contributed by atoms with van der Waals surface area (Å²) in [5, 5.41) is 21.5. The first-order valence-electron chi connectivity index (χ1n) is 5.34. The molecule has 0 spiro atoms. The number of rotatable bonds is 6. The molecule has 0 fully saturated rings. The zero-order valence-corrected chi connectivity index (χ0v) is 9.78. The molecule has 0 aliphatic heterocycles. The summed E-state index contributed by atoms with van der Waals surface area (Å²) >= 11 is 0. The highest BCUT2D eigenvalue weighted by molar-refractivity contribution is 5.91. The van der Waals surface area contributed by atoms with Crippen LogP contribution in [0.25, 0.3) is 6.08 Å². The van der Waals surface area contributed by atoms with E-state index in [0.29, 0.717) is 0 Å². The van der Waals surface area contributed by atoms with Crippen LogP contribution in [0, 0.1) is 0 Å². The lowest BCUT2D eigenvalue weighted by Gasteiger charge is -2.18. The van der Waals surface area contributed by atoms with Gasteiger partial charge in [-0.05, 0) is 6.08 Å². The van der Waals surface area contributed by atoms with Gasteiger partial charge in [0.2, 0.25) is 5.91 Å². The fraction of sp³-hybridized carbons (Fsp3) is 0.455. The van der Waals surface area contributed by atoms with Gasteiger partial charge < -0.3 is 15.1 Å². The molecule has 1 heterocycles. The Balaban J connectivity index is 2.59. The smallest absolute Gasteiger partial charge is 0.246 e. The Morgan fingerprint density at radius 1 is 1.47 bits per heavy atom. The first-order chi connectivity index (χ1) is 8.17. The molecule has 1 aromatic heterocycles. The highest BCUT2D eigenvalue weighted by Gasteiger charge is 2.08. The van der Waals surface area contributed by atoms with E-state index in [0.717, 1.165) is 5.56 Å². The van der Waals surface area contributed by atoms with Crippen LogP contribution in [0.15, 0.2) is 18.5 Å². The van der Waals surface area contributed by atoms with Crippen LogP contribution in [-0.2, 0) is 11.8 Å². The van der Waals surface area contributed by atoms with E-state index < -0.39 is 0 Å². The van der Waals surface area contributed by atoms with Crippen molar-refractivity contribution in [1.29, 1.82) is 0 Å². The maximum absolute atomic E-state index is 11.7. The maximum atomic E-state index is 11.7.